The third-order valence-electron chi connectivity index (χ3n) is 3.06. The molecule has 1 aliphatic rings. The second-order valence-corrected chi connectivity index (χ2v) is 4.28. The predicted octanol–water partition coefficient (Wildman–Crippen LogP) is 3.47. The molecule has 0 bridgehead atoms. The third-order valence-corrected chi connectivity index (χ3v) is 3.06. The molecule has 0 radical (unpaired) electrons. The lowest BCUT2D eigenvalue weighted by atomic mass is 9.98. The van der Waals surface area contributed by atoms with Gasteiger partial charge in [0, 0.05) is 13.1 Å². The first-order valence-corrected chi connectivity index (χ1v) is 5.72. The average molecular weight is 271 g/mol. The van der Waals surface area contributed by atoms with Crippen molar-refractivity contribution in [1.29, 1.82) is 0 Å². The average Bonchev–Trinajstić information content (AvgIpc) is 2.38. The highest BCUT2D eigenvalue weighted by atomic mass is 19.4. The van der Waals surface area contributed by atoms with E-state index < -0.39 is 17.8 Å². The van der Waals surface area contributed by atoms with E-state index in [1.807, 2.05) is 0 Å². The van der Waals surface area contributed by atoms with Crippen LogP contribution in [0, 0.1) is 0 Å². The summed E-state index contributed by atoms with van der Waals surface area (Å²) in [5.74, 6) is 0. The van der Waals surface area contributed by atoms with Gasteiger partial charge in [-0.3, -0.25) is 0 Å². The predicted molar refractivity (Wildman–Crippen MR) is 63.6 cm³/mol. The summed E-state index contributed by atoms with van der Waals surface area (Å²) in [6.07, 6.45) is -3.07. The van der Waals surface area contributed by atoms with Crippen LogP contribution in [-0.2, 0) is 6.18 Å². The summed E-state index contributed by atoms with van der Waals surface area (Å²) in [4.78, 5) is 12.0. The smallest absolute Gasteiger partial charge is 0.416 e. The Labute approximate surface area is 108 Å². The maximum Gasteiger partial charge on any atom is 0.416 e. The first-order valence-electron chi connectivity index (χ1n) is 5.72. The molecule has 1 aromatic carbocycles. The molecule has 0 saturated carbocycles. The number of hydrogen-bond donors (Lipinski definition) is 1. The van der Waals surface area contributed by atoms with Crippen LogP contribution in [0.15, 0.2) is 30.3 Å². The number of alkyl halides is 3. The molecule has 1 aliphatic heterocycles. The number of carbonyl (C=O) groups is 1. The van der Waals surface area contributed by atoms with Gasteiger partial charge in [0.25, 0.3) is 0 Å². The molecule has 1 heterocycles. The highest BCUT2D eigenvalue weighted by molar-refractivity contribution is 5.71. The van der Waals surface area contributed by atoms with Crippen LogP contribution >= 0.6 is 0 Å². The molecule has 1 amide bonds. The van der Waals surface area contributed by atoms with Gasteiger partial charge in [0.15, 0.2) is 0 Å². The van der Waals surface area contributed by atoms with Gasteiger partial charge in [-0.15, -0.1) is 0 Å². The lowest BCUT2D eigenvalue weighted by Crippen LogP contribution is -2.33. The Morgan fingerprint density at radius 2 is 1.84 bits per heavy atom. The Bertz CT molecular complexity index is 506. The van der Waals surface area contributed by atoms with Crippen LogP contribution in [0.1, 0.15) is 17.5 Å². The molecule has 0 spiro atoms. The summed E-state index contributed by atoms with van der Waals surface area (Å²) in [7, 11) is 0. The van der Waals surface area contributed by atoms with Gasteiger partial charge in [0.1, 0.15) is 0 Å². The fourth-order valence-electron chi connectivity index (χ4n) is 1.98. The second-order valence-electron chi connectivity index (χ2n) is 4.28. The van der Waals surface area contributed by atoms with E-state index in [2.05, 4.69) is 0 Å². The van der Waals surface area contributed by atoms with Crippen LogP contribution in [-0.4, -0.2) is 29.2 Å². The van der Waals surface area contributed by atoms with Gasteiger partial charge < -0.3 is 10.0 Å². The summed E-state index contributed by atoms with van der Waals surface area (Å²) < 4.78 is 37.2. The van der Waals surface area contributed by atoms with Crippen molar-refractivity contribution in [2.45, 2.75) is 12.6 Å². The van der Waals surface area contributed by atoms with Gasteiger partial charge in [-0.2, -0.15) is 13.2 Å². The Morgan fingerprint density at radius 3 is 2.26 bits per heavy atom. The molecule has 0 aliphatic carbocycles. The van der Waals surface area contributed by atoms with Crippen LogP contribution in [0.2, 0.25) is 0 Å². The number of hydrogen-bond acceptors (Lipinski definition) is 1. The van der Waals surface area contributed by atoms with E-state index in [0.717, 1.165) is 17.7 Å². The fraction of sp³-hybridized carbons (Fsp3) is 0.308. The Balaban J connectivity index is 2.14. The summed E-state index contributed by atoms with van der Waals surface area (Å²) in [5, 5.41) is 8.79. The van der Waals surface area contributed by atoms with Crippen molar-refractivity contribution in [3.05, 3.63) is 41.5 Å². The van der Waals surface area contributed by atoms with E-state index in [0.29, 0.717) is 18.5 Å². The number of amides is 1. The van der Waals surface area contributed by atoms with Gasteiger partial charge >= 0.3 is 12.3 Å². The highest BCUT2D eigenvalue weighted by Gasteiger charge is 2.30. The normalized spacial score (nSPS) is 16.2. The molecule has 0 saturated heterocycles. The molecule has 0 aromatic heterocycles. The molecule has 2 rings (SSSR count). The molecule has 6 heteroatoms. The second kappa shape index (κ2) is 4.95. The van der Waals surface area contributed by atoms with E-state index in [1.54, 1.807) is 6.08 Å². The molecule has 1 N–H and O–H groups in total. The van der Waals surface area contributed by atoms with Gasteiger partial charge in [-0.1, -0.05) is 18.2 Å². The van der Waals surface area contributed by atoms with Crippen LogP contribution in [0.25, 0.3) is 5.57 Å². The van der Waals surface area contributed by atoms with Crippen LogP contribution in [0.5, 0.6) is 0 Å². The minimum Gasteiger partial charge on any atom is -0.465 e. The van der Waals surface area contributed by atoms with E-state index in [9.17, 15) is 18.0 Å². The zero-order chi connectivity index (χ0) is 14.0. The largest absolute Gasteiger partial charge is 0.465 e. The van der Waals surface area contributed by atoms with Crippen LogP contribution in [0.4, 0.5) is 18.0 Å². The highest BCUT2D eigenvalue weighted by Crippen LogP contribution is 2.31. The molecule has 0 unspecified atom stereocenters. The molecule has 0 fully saturated rings. The molecule has 3 nitrogen and oxygen atoms in total. The van der Waals surface area contributed by atoms with Crippen molar-refractivity contribution in [2.24, 2.45) is 0 Å². The first kappa shape index (κ1) is 13.5. The van der Waals surface area contributed by atoms with Gasteiger partial charge in [0.2, 0.25) is 0 Å². The van der Waals surface area contributed by atoms with Crippen molar-refractivity contribution in [1.82, 2.24) is 4.90 Å². The number of rotatable bonds is 1. The molecule has 0 atom stereocenters. The van der Waals surface area contributed by atoms with Gasteiger partial charge in [-0.25, -0.2) is 4.79 Å². The minimum absolute atomic E-state index is 0.270. The van der Waals surface area contributed by atoms with Crippen molar-refractivity contribution >= 4 is 11.7 Å². The number of halogens is 3. The van der Waals surface area contributed by atoms with Crippen molar-refractivity contribution in [3.63, 3.8) is 0 Å². The van der Waals surface area contributed by atoms with E-state index in [4.69, 9.17) is 5.11 Å². The van der Waals surface area contributed by atoms with Crippen molar-refractivity contribution < 1.29 is 23.1 Å². The molecular formula is C13H12F3NO2. The Hall–Kier alpha value is -1.98. The van der Waals surface area contributed by atoms with Crippen molar-refractivity contribution in [2.75, 3.05) is 13.1 Å². The SMILES string of the molecule is O=C(O)N1CC=C(c2ccc(C(F)(F)F)cc2)CC1. The van der Waals surface area contributed by atoms with Crippen molar-refractivity contribution in [3.8, 4) is 0 Å². The van der Waals surface area contributed by atoms with E-state index in [1.165, 1.54) is 17.0 Å². The third kappa shape index (κ3) is 3.07. The monoisotopic (exact) mass is 271 g/mol. The Kier molecular flexibility index (Phi) is 3.50. The minimum atomic E-state index is -4.33. The summed E-state index contributed by atoms with van der Waals surface area (Å²) in [5.41, 5.74) is 0.907. The quantitative estimate of drug-likeness (QED) is 0.849. The lowest BCUT2D eigenvalue weighted by Gasteiger charge is -2.23. The van der Waals surface area contributed by atoms with Gasteiger partial charge in [-0.05, 0) is 29.7 Å². The van der Waals surface area contributed by atoms with Gasteiger partial charge in [0.05, 0.1) is 5.56 Å². The first-order chi connectivity index (χ1) is 8.88. The Morgan fingerprint density at radius 1 is 1.21 bits per heavy atom. The lowest BCUT2D eigenvalue weighted by molar-refractivity contribution is -0.137. The molecule has 102 valence electrons. The number of carboxylic acid groups (broad SMARTS) is 1. The zero-order valence-electron chi connectivity index (χ0n) is 9.94. The number of nitrogens with zero attached hydrogens (tertiary/aromatic N) is 1. The van der Waals surface area contributed by atoms with Crippen LogP contribution < -0.4 is 0 Å². The fourth-order valence-corrected chi connectivity index (χ4v) is 1.98. The summed E-state index contributed by atoms with van der Waals surface area (Å²) in [6, 6.07) is 4.93. The number of benzene rings is 1. The maximum atomic E-state index is 12.4. The topological polar surface area (TPSA) is 40.5 Å². The summed E-state index contributed by atoms with van der Waals surface area (Å²) >= 11 is 0. The zero-order valence-corrected chi connectivity index (χ0v) is 9.94. The van der Waals surface area contributed by atoms with E-state index >= 15 is 0 Å². The molecule has 19 heavy (non-hydrogen) atoms. The standard InChI is InChI=1S/C13H12F3NO2/c14-13(15,16)11-3-1-9(2-4-11)10-5-7-17(8-6-10)12(18)19/h1-5H,6-8H2,(H,18,19). The maximum absolute atomic E-state index is 12.4. The molecule has 1 aromatic rings. The van der Waals surface area contributed by atoms with E-state index in [-0.39, 0.29) is 6.54 Å². The van der Waals surface area contributed by atoms with Crippen LogP contribution in [0.3, 0.4) is 0 Å². The molecular weight excluding hydrogens is 259 g/mol. The summed E-state index contributed by atoms with van der Waals surface area (Å²) in [6.45, 7) is 0.633.